The normalized spacial score (nSPS) is 11.8. The first-order valence-electron chi connectivity index (χ1n) is 8.63. The van der Waals surface area contributed by atoms with Crippen LogP contribution in [0.25, 0.3) is 12.2 Å². The molecule has 140 valence electrons. The minimum atomic E-state index is -4.11. The van der Waals surface area contributed by atoms with Gasteiger partial charge in [0.1, 0.15) is 6.54 Å². The van der Waals surface area contributed by atoms with Crippen molar-refractivity contribution in [3.05, 3.63) is 59.4 Å². The largest absolute Gasteiger partial charge is 0.748 e. The molecule has 5 nitrogen and oxygen atoms in total. The summed E-state index contributed by atoms with van der Waals surface area (Å²) in [6.45, 7) is 2.75. The topological polar surface area (TPSA) is 64.3 Å². The Balaban J connectivity index is 1.96. The van der Waals surface area contributed by atoms with Crippen LogP contribution in [0.4, 0.5) is 5.69 Å². The van der Waals surface area contributed by atoms with Gasteiger partial charge in [-0.3, -0.25) is 0 Å². The highest BCUT2D eigenvalue weighted by Gasteiger charge is 2.05. The summed E-state index contributed by atoms with van der Waals surface area (Å²) >= 11 is 0. The summed E-state index contributed by atoms with van der Waals surface area (Å²) in [5, 5.41) is 0. The number of anilines is 1. The number of rotatable bonds is 8. The van der Waals surface area contributed by atoms with Gasteiger partial charge < -0.3 is 9.45 Å². The summed E-state index contributed by atoms with van der Waals surface area (Å²) in [4.78, 5) is 2.07. The molecule has 0 saturated heterocycles. The summed E-state index contributed by atoms with van der Waals surface area (Å²) in [5.41, 5.74) is 4.60. The number of nitrogens with zero attached hydrogens (tertiary/aromatic N) is 2. The molecule has 0 fully saturated rings. The maximum Gasteiger partial charge on any atom is 0.172 e. The van der Waals surface area contributed by atoms with E-state index < -0.39 is 10.1 Å². The minimum Gasteiger partial charge on any atom is -0.748 e. The fourth-order valence-electron chi connectivity index (χ4n) is 2.64. The summed E-state index contributed by atoms with van der Waals surface area (Å²) in [5.74, 6) is -0.292. The van der Waals surface area contributed by atoms with Gasteiger partial charge in [-0.2, -0.15) is 0 Å². The first-order chi connectivity index (χ1) is 12.2. The van der Waals surface area contributed by atoms with Crippen molar-refractivity contribution in [2.75, 3.05) is 24.7 Å². The van der Waals surface area contributed by atoms with E-state index in [0.717, 1.165) is 16.7 Å². The highest BCUT2D eigenvalue weighted by molar-refractivity contribution is 7.85. The highest BCUT2D eigenvalue weighted by Crippen LogP contribution is 2.15. The minimum absolute atomic E-state index is 0.292. The second-order valence-electron chi connectivity index (χ2n) is 6.61. The molecule has 0 aliphatic carbocycles. The fraction of sp³-hybridized carbons (Fsp3) is 0.350. The molecule has 0 aliphatic heterocycles. The lowest BCUT2D eigenvalue weighted by atomic mass is 10.1. The van der Waals surface area contributed by atoms with Gasteiger partial charge in [0.15, 0.2) is 12.4 Å². The molecule has 0 radical (unpaired) electrons. The first kappa shape index (κ1) is 20.1. The van der Waals surface area contributed by atoms with Gasteiger partial charge in [0.25, 0.3) is 0 Å². The Morgan fingerprint density at radius 1 is 1.08 bits per heavy atom. The van der Waals surface area contributed by atoms with Gasteiger partial charge in [0.05, 0.1) is 10.1 Å². The molecule has 0 unspecified atom stereocenters. The lowest BCUT2D eigenvalue weighted by Crippen LogP contribution is -2.33. The van der Waals surface area contributed by atoms with Crippen LogP contribution < -0.4 is 9.47 Å². The van der Waals surface area contributed by atoms with E-state index in [4.69, 9.17) is 0 Å². The Morgan fingerprint density at radius 3 is 2.35 bits per heavy atom. The van der Waals surface area contributed by atoms with Crippen LogP contribution >= 0.6 is 0 Å². The zero-order valence-electron chi connectivity index (χ0n) is 15.6. The van der Waals surface area contributed by atoms with Crippen molar-refractivity contribution in [3.63, 3.8) is 0 Å². The smallest absolute Gasteiger partial charge is 0.172 e. The van der Waals surface area contributed by atoms with Crippen LogP contribution in [-0.2, 0) is 16.7 Å². The third-order valence-electron chi connectivity index (χ3n) is 4.19. The van der Waals surface area contributed by atoms with Crippen LogP contribution in [0.1, 0.15) is 29.5 Å². The van der Waals surface area contributed by atoms with Crippen LogP contribution in [-0.4, -0.2) is 32.8 Å². The Labute approximate surface area is 156 Å². The molecule has 0 bridgehead atoms. The average Bonchev–Trinajstić information content (AvgIpc) is 2.57. The maximum absolute atomic E-state index is 10.6. The molecule has 0 aliphatic rings. The van der Waals surface area contributed by atoms with E-state index in [-0.39, 0.29) is 5.75 Å². The third-order valence-corrected chi connectivity index (χ3v) is 4.97. The molecule has 2 aromatic rings. The molecule has 0 saturated carbocycles. The molecule has 6 heteroatoms. The van der Waals surface area contributed by atoms with E-state index in [1.807, 2.05) is 44.0 Å². The number of hydrogen-bond acceptors (Lipinski definition) is 4. The summed E-state index contributed by atoms with van der Waals surface area (Å²) in [7, 11) is -0.0640. The van der Waals surface area contributed by atoms with Crippen molar-refractivity contribution >= 4 is 28.0 Å². The van der Waals surface area contributed by atoms with E-state index in [2.05, 4.69) is 41.3 Å². The molecule has 0 amide bonds. The SMILES string of the molecule is Cc1c[n+](CCCCS(=O)(=O)[O-])ccc1/C=C/c1ccc(N(C)C)cc1. The molecule has 2 rings (SSSR count). The van der Waals surface area contributed by atoms with Gasteiger partial charge >= 0.3 is 0 Å². The lowest BCUT2D eigenvalue weighted by molar-refractivity contribution is -0.697. The van der Waals surface area contributed by atoms with E-state index in [9.17, 15) is 13.0 Å². The third kappa shape index (κ3) is 6.61. The standard InChI is InChI=1S/C20H26N2O3S/c1-17-16-22(13-4-5-15-26(23,24)25)14-12-19(17)9-6-18-7-10-20(11-8-18)21(2)3/h6-12,14,16H,4-5,13,15H2,1-3H3. The highest BCUT2D eigenvalue weighted by atomic mass is 32.2. The van der Waals surface area contributed by atoms with Crippen LogP contribution in [0.2, 0.25) is 0 Å². The Hall–Kier alpha value is -2.18. The molecular formula is C20H26N2O3S. The van der Waals surface area contributed by atoms with Crippen molar-refractivity contribution in [1.29, 1.82) is 0 Å². The summed E-state index contributed by atoms with van der Waals surface area (Å²) < 4.78 is 33.9. The summed E-state index contributed by atoms with van der Waals surface area (Å²) in [6, 6.07) is 10.4. The van der Waals surface area contributed by atoms with Crippen molar-refractivity contribution in [1.82, 2.24) is 0 Å². The van der Waals surface area contributed by atoms with Crippen LogP contribution in [0.15, 0.2) is 42.7 Å². The molecule has 1 aromatic carbocycles. The van der Waals surface area contributed by atoms with E-state index in [1.54, 1.807) is 0 Å². The predicted octanol–water partition coefficient (Wildman–Crippen LogP) is 2.84. The second-order valence-corrected chi connectivity index (χ2v) is 8.13. The van der Waals surface area contributed by atoms with E-state index >= 15 is 0 Å². The van der Waals surface area contributed by atoms with Gasteiger partial charge in [0, 0.05) is 43.6 Å². The maximum atomic E-state index is 10.6. The van der Waals surface area contributed by atoms with Gasteiger partial charge in [0.2, 0.25) is 0 Å². The van der Waals surface area contributed by atoms with Gasteiger partial charge in [-0.1, -0.05) is 24.3 Å². The Kier molecular flexibility index (Phi) is 6.94. The monoisotopic (exact) mass is 374 g/mol. The Morgan fingerprint density at radius 2 is 1.77 bits per heavy atom. The predicted molar refractivity (Wildman–Crippen MR) is 105 cm³/mol. The van der Waals surface area contributed by atoms with Crippen LogP contribution in [0.3, 0.4) is 0 Å². The van der Waals surface area contributed by atoms with E-state index in [0.29, 0.717) is 19.4 Å². The number of benzene rings is 1. The van der Waals surface area contributed by atoms with Crippen molar-refractivity contribution in [2.45, 2.75) is 26.3 Å². The number of unbranched alkanes of at least 4 members (excludes halogenated alkanes) is 1. The second kappa shape index (κ2) is 8.96. The van der Waals surface area contributed by atoms with Crippen LogP contribution in [0.5, 0.6) is 0 Å². The average molecular weight is 375 g/mol. The fourth-order valence-corrected chi connectivity index (χ4v) is 3.20. The van der Waals surface area contributed by atoms with E-state index in [1.165, 1.54) is 5.69 Å². The number of aryl methyl sites for hydroxylation is 2. The molecule has 0 atom stereocenters. The Bertz CT molecular complexity index is 857. The quantitative estimate of drug-likeness (QED) is 0.405. The van der Waals surface area contributed by atoms with Crippen molar-refractivity contribution < 1.29 is 17.5 Å². The summed E-state index contributed by atoms with van der Waals surface area (Å²) in [6.07, 6.45) is 9.26. The van der Waals surface area contributed by atoms with Gasteiger partial charge in [-0.05, 0) is 36.6 Å². The molecule has 1 heterocycles. The number of hydrogen-bond donors (Lipinski definition) is 0. The molecular weight excluding hydrogens is 348 g/mol. The molecule has 1 aromatic heterocycles. The lowest BCUT2D eigenvalue weighted by Gasteiger charge is -2.11. The van der Waals surface area contributed by atoms with Crippen LogP contribution in [0, 0.1) is 6.92 Å². The first-order valence-corrected chi connectivity index (χ1v) is 10.2. The molecule has 0 N–H and O–H groups in total. The number of aromatic nitrogens is 1. The van der Waals surface area contributed by atoms with Gasteiger partial charge in [-0.25, -0.2) is 13.0 Å². The van der Waals surface area contributed by atoms with Crippen molar-refractivity contribution in [3.8, 4) is 0 Å². The number of pyridine rings is 1. The zero-order valence-corrected chi connectivity index (χ0v) is 16.4. The van der Waals surface area contributed by atoms with Crippen molar-refractivity contribution in [2.24, 2.45) is 0 Å². The van der Waals surface area contributed by atoms with Gasteiger partial charge in [-0.15, -0.1) is 0 Å². The molecule has 0 spiro atoms. The zero-order chi connectivity index (χ0) is 19.2. The molecule has 26 heavy (non-hydrogen) atoms.